The smallest absolute Gasteiger partial charge is 0.150 e. The molecule has 1 fully saturated rings. The van der Waals surface area contributed by atoms with Gasteiger partial charge < -0.3 is 10.2 Å². The fraction of sp³-hybridized carbons (Fsp3) is 0.500. The fourth-order valence-corrected chi connectivity index (χ4v) is 3.32. The maximum Gasteiger partial charge on any atom is 0.150 e. The van der Waals surface area contributed by atoms with Crippen LogP contribution in [-0.4, -0.2) is 35.6 Å². The molecule has 1 unspecified atom stereocenters. The zero-order valence-corrected chi connectivity index (χ0v) is 10.9. The predicted octanol–water partition coefficient (Wildman–Crippen LogP) is 1.80. The molecule has 0 saturated carbocycles. The van der Waals surface area contributed by atoms with Gasteiger partial charge in [-0.15, -0.1) is 11.3 Å². The van der Waals surface area contributed by atoms with Crippen LogP contribution in [0, 0.1) is 6.92 Å². The third kappa shape index (κ3) is 1.79. The molecule has 1 N–H and O–H groups in total. The van der Waals surface area contributed by atoms with Crippen molar-refractivity contribution in [3.8, 4) is 0 Å². The highest BCUT2D eigenvalue weighted by molar-refractivity contribution is 7.18. The molecule has 0 aromatic carbocycles. The second kappa shape index (κ2) is 4.23. The van der Waals surface area contributed by atoms with Gasteiger partial charge in [0.1, 0.15) is 12.1 Å². The largest absolute Gasteiger partial charge is 0.350 e. The van der Waals surface area contributed by atoms with Gasteiger partial charge in [0.2, 0.25) is 0 Å². The van der Waals surface area contributed by atoms with E-state index in [-0.39, 0.29) is 0 Å². The van der Waals surface area contributed by atoms with Crippen molar-refractivity contribution < 1.29 is 0 Å². The highest BCUT2D eigenvalue weighted by Gasteiger charge is 2.22. The molecule has 1 atom stereocenters. The van der Waals surface area contributed by atoms with Gasteiger partial charge in [0.25, 0.3) is 0 Å². The Balaban J connectivity index is 2.10. The van der Waals surface area contributed by atoms with E-state index in [1.165, 1.54) is 10.3 Å². The third-order valence-corrected chi connectivity index (χ3v) is 4.37. The Morgan fingerprint density at radius 2 is 2.35 bits per heavy atom. The summed E-state index contributed by atoms with van der Waals surface area (Å²) in [6.45, 7) is 7.41. The van der Waals surface area contributed by atoms with Crippen LogP contribution < -0.4 is 10.2 Å². The zero-order valence-electron chi connectivity index (χ0n) is 10.1. The van der Waals surface area contributed by atoms with Crippen molar-refractivity contribution in [1.82, 2.24) is 15.3 Å². The zero-order chi connectivity index (χ0) is 11.8. The molecule has 4 nitrogen and oxygen atoms in total. The Labute approximate surface area is 105 Å². The molecule has 3 rings (SSSR count). The van der Waals surface area contributed by atoms with E-state index in [4.69, 9.17) is 0 Å². The Bertz CT molecular complexity index is 536. The van der Waals surface area contributed by atoms with Crippen LogP contribution >= 0.6 is 11.3 Å². The number of nitrogens with one attached hydrogen (secondary N) is 1. The van der Waals surface area contributed by atoms with Crippen LogP contribution in [0.25, 0.3) is 10.2 Å². The molecule has 0 aliphatic carbocycles. The third-order valence-electron chi connectivity index (χ3n) is 3.29. The maximum atomic E-state index is 4.49. The molecule has 3 heterocycles. The molecule has 90 valence electrons. The van der Waals surface area contributed by atoms with Crippen LogP contribution in [0.1, 0.15) is 12.5 Å². The normalized spacial score (nSPS) is 21.1. The first-order valence-electron chi connectivity index (χ1n) is 5.93. The Morgan fingerprint density at radius 1 is 1.47 bits per heavy atom. The summed E-state index contributed by atoms with van der Waals surface area (Å²) in [5, 5.41) is 5.57. The quantitative estimate of drug-likeness (QED) is 0.835. The number of rotatable bonds is 1. The number of nitrogens with zero attached hydrogens (tertiary/aromatic N) is 3. The molecule has 17 heavy (non-hydrogen) atoms. The van der Waals surface area contributed by atoms with Gasteiger partial charge in [0.05, 0.1) is 10.2 Å². The molecule has 0 spiro atoms. The minimum absolute atomic E-state index is 0.490. The topological polar surface area (TPSA) is 41.0 Å². The van der Waals surface area contributed by atoms with Crippen molar-refractivity contribution in [1.29, 1.82) is 0 Å². The molecule has 2 aromatic heterocycles. The Kier molecular flexibility index (Phi) is 2.72. The number of thiophene rings is 1. The van der Waals surface area contributed by atoms with Gasteiger partial charge in [0.15, 0.2) is 0 Å². The standard InChI is InChI=1S/C12H16N4S/c1-8-6-17-11-10(8)14-7-15-12(11)16-4-3-13-5-9(16)2/h6-7,9,13H,3-5H2,1-2H3. The van der Waals surface area contributed by atoms with Gasteiger partial charge in [-0.25, -0.2) is 9.97 Å². The van der Waals surface area contributed by atoms with E-state index in [0.29, 0.717) is 6.04 Å². The second-order valence-corrected chi connectivity index (χ2v) is 5.42. The molecule has 0 amide bonds. The molecule has 1 saturated heterocycles. The summed E-state index contributed by atoms with van der Waals surface area (Å²) in [5.41, 5.74) is 2.35. The molecule has 0 bridgehead atoms. The number of piperazine rings is 1. The van der Waals surface area contributed by atoms with Crippen molar-refractivity contribution in [3.05, 3.63) is 17.3 Å². The van der Waals surface area contributed by atoms with Gasteiger partial charge in [-0.1, -0.05) is 0 Å². The minimum atomic E-state index is 0.490. The Hall–Kier alpha value is -1.20. The summed E-state index contributed by atoms with van der Waals surface area (Å²) in [6, 6.07) is 0.490. The molecular formula is C12H16N4S. The molecule has 0 radical (unpaired) electrons. The molecule has 5 heteroatoms. The molecule has 1 aliphatic rings. The minimum Gasteiger partial charge on any atom is -0.350 e. The van der Waals surface area contributed by atoms with E-state index < -0.39 is 0 Å². The van der Waals surface area contributed by atoms with E-state index in [1.54, 1.807) is 17.7 Å². The van der Waals surface area contributed by atoms with Crippen molar-refractivity contribution in [2.75, 3.05) is 24.5 Å². The first-order valence-corrected chi connectivity index (χ1v) is 6.81. The molecule has 2 aromatic rings. The van der Waals surface area contributed by atoms with Crippen LogP contribution in [0.2, 0.25) is 0 Å². The van der Waals surface area contributed by atoms with E-state index in [9.17, 15) is 0 Å². The van der Waals surface area contributed by atoms with Gasteiger partial charge >= 0.3 is 0 Å². The fourth-order valence-electron chi connectivity index (χ4n) is 2.32. The molecular weight excluding hydrogens is 232 g/mol. The van der Waals surface area contributed by atoms with Gasteiger partial charge in [-0.05, 0) is 24.8 Å². The number of aromatic nitrogens is 2. The molecule has 1 aliphatic heterocycles. The number of aryl methyl sites for hydroxylation is 1. The van der Waals surface area contributed by atoms with Crippen LogP contribution in [0.5, 0.6) is 0 Å². The maximum absolute atomic E-state index is 4.49. The van der Waals surface area contributed by atoms with Crippen LogP contribution in [0.3, 0.4) is 0 Å². The van der Waals surface area contributed by atoms with Crippen molar-refractivity contribution >= 4 is 27.4 Å². The number of hydrogen-bond acceptors (Lipinski definition) is 5. The summed E-state index contributed by atoms with van der Waals surface area (Å²) in [5.74, 6) is 1.10. The first kappa shape index (κ1) is 10.9. The summed E-state index contributed by atoms with van der Waals surface area (Å²) in [4.78, 5) is 11.3. The monoisotopic (exact) mass is 248 g/mol. The lowest BCUT2D eigenvalue weighted by Crippen LogP contribution is -2.50. The van der Waals surface area contributed by atoms with Crippen LogP contribution in [0.15, 0.2) is 11.7 Å². The van der Waals surface area contributed by atoms with E-state index >= 15 is 0 Å². The summed E-state index contributed by atoms with van der Waals surface area (Å²) >= 11 is 1.75. The SMILES string of the molecule is Cc1csc2c(N3CCNCC3C)ncnc12. The summed E-state index contributed by atoms with van der Waals surface area (Å²) < 4.78 is 1.22. The van der Waals surface area contributed by atoms with E-state index in [1.807, 2.05) is 0 Å². The number of fused-ring (bicyclic) bond motifs is 1. The lowest BCUT2D eigenvalue weighted by molar-refractivity contribution is 0.498. The van der Waals surface area contributed by atoms with Crippen LogP contribution in [0.4, 0.5) is 5.82 Å². The lowest BCUT2D eigenvalue weighted by Gasteiger charge is -2.35. The van der Waals surface area contributed by atoms with Crippen molar-refractivity contribution in [2.45, 2.75) is 19.9 Å². The van der Waals surface area contributed by atoms with Gasteiger partial charge in [-0.3, -0.25) is 0 Å². The lowest BCUT2D eigenvalue weighted by atomic mass is 10.2. The van der Waals surface area contributed by atoms with E-state index in [0.717, 1.165) is 31.0 Å². The average molecular weight is 248 g/mol. The van der Waals surface area contributed by atoms with Crippen molar-refractivity contribution in [3.63, 3.8) is 0 Å². The van der Waals surface area contributed by atoms with Crippen LogP contribution in [-0.2, 0) is 0 Å². The number of anilines is 1. The average Bonchev–Trinajstić information content (AvgIpc) is 2.72. The van der Waals surface area contributed by atoms with E-state index in [2.05, 4.69) is 39.4 Å². The Morgan fingerprint density at radius 3 is 3.18 bits per heavy atom. The number of hydrogen-bond donors (Lipinski definition) is 1. The second-order valence-electron chi connectivity index (χ2n) is 4.54. The van der Waals surface area contributed by atoms with Crippen molar-refractivity contribution in [2.24, 2.45) is 0 Å². The first-order chi connectivity index (χ1) is 8.27. The van der Waals surface area contributed by atoms with Gasteiger partial charge in [-0.2, -0.15) is 0 Å². The highest BCUT2D eigenvalue weighted by Crippen LogP contribution is 2.31. The summed E-state index contributed by atoms with van der Waals surface area (Å²) in [7, 11) is 0. The predicted molar refractivity (Wildman–Crippen MR) is 71.8 cm³/mol. The van der Waals surface area contributed by atoms with Gasteiger partial charge in [0, 0.05) is 25.7 Å². The summed E-state index contributed by atoms with van der Waals surface area (Å²) in [6.07, 6.45) is 1.69. The highest BCUT2D eigenvalue weighted by atomic mass is 32.1.